The van der Waals surface area contributed by atoms with E-state index >= 15 is 0 Å². The van der Waals surface area contributed by atoms with Gasteiger partial charge in [-0.1, -0.05) is 31.7 Å². The van der Waals surface area contributed by atoms with Crippen molar-refractivity contribution in [3.63, 3.8) is 0 Å². The average molecular weight is 204 g/mol. The predicted molar refractivity (Wildman–Crippen MR) is 62.5 cm³/mol. The zero-order valence-corrected chi connectivity index (χ0v) is 9.23. The van der Waals surface area contributed by atoms with Gasteiger partial charge in [-0.05, 0) is 24.5 Å². The first-order chi connectivity index (χ1) is 7.34. The highest BCUT2D eigenvalue weighted by Crippen LogP contribution is 2.28. The Labute approximate surface area is 91.9 Å². The lowest BCUT2D eigenvalue weighted by Crippen LogP contribution is -2.25. The number of aromatic nitrogens is 1. The molecule has 1 fully saturated rings. The highest BCUT2D eigenvalue weighted by molar-refractivity contribution is 5.05. The highest BCUT2D eigenvalue weighted by atomic mass is 14.7. The second-order valence-electron chi connectivity index (χ2n) is 4.67. The summed E-state index contributed by atoms with van der Waals surface area (Å²) in [7, 11) is 0. The summed E-state index contributed by atoms with van der Waals surface area (Å²) in [6.07, 6.45) is 9.53. The summed E-state index contributed by atoms with van der Waals surface area (Å²) in [5.74, 6) is 0.878. The summed E-state index contributed by atoms with van der Waals surface area (Å²) in [5, 5.41) is 0. The van der Waals surface area contributed by atoms with Crippen molar-refractivity contribution in [1.82, 2.24) is 4.98 Å². The van der Waals surface area contributed by atoms with Crippen molar-refractivity contribution in [2.45, 2.75) is 44.6 Å². The molecule has 0 aliphatic heterocycles. The summed E-state index contributed by atoms with van der Waals surface area (Å²) in [5.41, 5.74) is 7.27. The normalized spacial score (nSPS) is 19.3. The van der Waals surface area contributed by atoms with Gasteiger partial charge in [-0.25, -0.2) is 0 Å². The van der Waals surface area contributed by atoms with Crippen LogP contribution in [0.4, 0.5) is 0 Å². The van der Waals surface area contributed by atoms with Crippen LogP contribution in [0.5, 0.6) is 0 Å². The molecule has 0 radical (unpaired) electrons. The Balaban J connectivity index is 1.79. The third-order valence-electron chi connectivity index (χ3n) is 3.31. The SMILES string of the molecule is NC(Cc1ccccn1)CC1CCCC1. The number of hydrogen-bond donors (Lipinski definition) is 1. The van der Waals surface area contributed by atoms with Crippen LogP contribution >= 0.6 is 0 Å². The molecular weight excluding hydrogens is 184 g/mol. The minimum absolute atomic E-state index is 0.294. The van der Waals surface area contributed by atoms with Crippen molar-refractivity contribution in [2.75, 3.05) is 0 Å². The molecule has 0 bridgehead atoms. The van der Waals surface area contributed by atoms with E-state index in [-0.39, 0.29) is 0 Å². The summed E-state index contributed by atoms with van der Waals surface area (Å²) in [4.78, 5) is 4.31. The fraction of sp³-hybridized carbons (Fsp3) is 0.615. The van der Waals surface area contributed by atoms with Gasteiger partial charge in [0.15, 0.2) is 0 Å². The van der Waals surface area contributed by atoms with E-state index in [2.05, 4.69) is 11.1 Å². The zero-order chi connectivity index (χ0) is 10.5. The molecular formula is C13H20N2. The van der Waals surface area contributed by atoms with Gasteiger partial charge in [0.1, 0.15) is 0 Å². The summed E-state index contributed by atoms with van der Waals surface area (Å²) >= 11 is 0. The number of pyridine rings is 1. The number of rotatable bonds is 4. The topological polar surface area (TPSA) is 38.9 Å². The van der Waals surface area contributed by atoms with Gasteiger partial charge in [-0.15, -0.1) is 0 Å². The molecule has 2 rings (SSSR count). The van der Waals surface area contributed by atoms with Gasteiger partial charge in [0.2, 0.25) is 0 Å². The van der Waals surface area contributed by atoms with Gasteiger partial charge < -0.3 is 5.73 Å². The molecule has 1 atom stereocenters. The summed E-state index contributed by atoms with van der Waals surface area (Å²) in [6.45, 7) is 0. The molecule has 1 unspecified atom stereocenters. The van der Waals surface area contributed by atoms with Crippen molar-refractivity contribution in [3.8, 4) is 0 Å². The quantitative estimate of drug-likeness (QED) is 0.818. The van der Waals surface area contributed by atoms with Crippen LogP contribution in [-0.4, -0.2) is 11.0 Å². The maximum Gasteiger partial charge on any atom is 0.0419 e. The van der Waals surface area contributed by atoms with Crippen LogP contribution in [0.15, 0.2) is 24.4 Å². The van der Waals surface area contributed by atoms with Crippen LogP contribution in [-0.2, 0) is 6.42 Å². The van der Waals surface area contributed by atoms with Crippen molar-refractivity contribution < 1.29 is 0 Å². The van der Waals surface area contributed by atoms with E-state index in [1.807, 2.05) is 18.3 Å². The lowest BCUT2D eigenvalue weighted by atomic mass is 9.96. The molecule has 15 heavy (non-hydrogen) atoms. The minimum Gasteiger partial charge on any atom is -0.327 e. The number of nitrogens with two attached hydrogens (primary N) is 1. The Morgan fingerprint density at radius 2 is 2.13 bits per heavy atom. The van der Waals surface area contributed by atoms with E-state index in [0.29, 0.717) is 6.04 Å². The van der Waals surface area contributed by atoms with Gasteiger partial charge in [0.25, 0.3) is 0 Å². The zero-order valence-electron chi connectivity index (χ0n) is 9.23. The Morgan fingerprint density at radius 3 is 2.80 bits per heavy atom. The fourth-order valence-electron chi connectivity index (χ4n) is 2.55. The molecule has 1 aliphatic rings. The minimum atomic E-state index is 0.294. The number of hydrogen-bond acceptors (Lipinski definition) is 2. The first-order valence-corrected chi connectivity index (χ1v) is 6.00. The third kappa shape index (κ3) is 3.31. The number of nitrogens with zero attached hydrogens (tertiary/aromatic N) is 1. The molecule has 0 spiro atoms. The highest BCUT2D eigenvalue weighted by Gasteiger charge is 2.18. The molecule has 2 heteroatoms. The largest absolute Gasteiger partial charge is 0.327 e. The third-order valence-corrected chi connectivity index (χ3v) is 3.31. The van der Waals surface area contributed by atoms with Crippen molar-refractivity contribution in [2.24, 2.45) is 11.7 Å². The standard InChI is InChI=1S/C13H20N2/c14-12(9-11-5-1-2-6-11)10-13-7-3-4-8-15-13/h3-4,7-8,11-12H,1-2,5-6,9-10,14H2. The summed E-state index contributed by atoms with van der Waals surface area (Å²) in [6, 6.07) is 6.34. The van der Waals surface area contributed by atoms with Crippen LogP contribution in [0.2, 0.25) is 0 Å². The molecule has 82 valence electrons. The first-order valence-electron chi connectivity index (χ1n) is 6.00. The molecule has 1 heterocycles. The summed E-state index contributed by atoms with van der Waals surface area (Å²) < 4.78 is 0. The molecule has 1 saturated carbocycles. The van der Waals surface area contributed by atoms with Crippen LogP contribution < -0.4 is 5.73 Å². The van der Waals surface area contributed by atoms with Gasteiger partial charge >= 0.3 is 0 Å². The fourth-order valence-corrected chi connectivity index (χ4v) is 2.55. The molecule has 1 aliphatic carbocycles. The molecule has 2 N–H and O–H groups in total. The second-order valence-corrected chi connectivity index (χ2v) is 4.67. The predicted octanol–water partition coefficient (Wildman–Crippen LogP) is 2.53. The maximum absolute atomic E-state index is 6.15. The van der Waals surface area contributed by atoms with Gasteiger partial charge in [-0.2, -0.15) is 0 Å². The lowest BCUT2D eigenvalue weighted by molar-refractivity contribution is 0.439. The Kier molecular flexibility index (Phi) is 3.73. The van der Waals surface area contributed by atoms with Crippen LogP contribution in [0.25, 0.3) is 0 Å². The van der Waals surface area contributed by atoms with Crippen molar-refractivity contribution in [1.29, 1.82) is 0 Å². The smallest absolute Gasteiger partial charge is 0.0419 e. The van der Waals surface area contributed by atoms with E-state index in [1.54, 1.807) is 0 Å². The molecule has 0 amide bonds. The molecule has 0 aromatic carbocycles. The van der Waals surface area contributed by atoms with E-state index in [1.165, 1.54) is 32.1 Å². The van der Waals surface area contributed by atoms with Crippen molar-refractivity contribution in [3.05, 3.63) is 30.1 Å². The molecule has 1 aromatic rings. The Hall–Kier alpha value is -0.890. The Bertz CT molecular complexity index is 278. The Morgan fingerprint density at radius 1 is 1.33 bits per heavy atom. The van der Waals surface area contributed by atoms with Crippen LogP contribution in [0.1, 0.15) is 37.8 Å². The van der Waals surface area contributed by atoms with E-state index in [9.17, 15) is 0 Å². The van der Waals surface area contributed by atoms with Crippen molar-refractivity contribution >= 4 is 0 Å². The monoisotopic (exact) mass is 204 g/mol. The molecule has 0 saturated heterocycles. The van der Waals surface area contributed by atoms with Crippen LogP contribution in [0, 0.1) is 5.92 Å². The molecule has 2 nitrogen and oxygen atoms in total. The van der Waals surface area contributed by atoms with Gasteiger partial charge in [0, 0.05) is 24.4 Å². The maximum atomic E-state index is 6.15. The van der Waals surface area contributed by atoms with E-state index in [4.69, 9.17) is 5.73 Å². The van der Waals surface area contributed by atoms with Gasteiger partial charge in [0.05, 0.1) is 0 Å². The second kappa shape index (κ2) is 5.26. The van der Waals surface area contributed by atoms with E-state index < -0.39 is 0 Å². The van der Waals surface area contributed by atoms with Crippen LogP contribution in [0.3, 0.4) is 0 Å². The molecule has 1 aromatic heterocycles. The van der Waals surface area contributed by atoms with Gasteiger partial charge in [-0.3, -0.25) is 4.98 Å². The lowest BCUT2D eigenvalue weighted by Gasteiger charge is -2.15. The average Bonchev–Trinajstić information content (AvgIpc) is 2.71. The van der Waals surface area contributed by atoms with E-state index in [0.717, 1.165) is 18.0 Å². The first kappa shape index (κ1) is 10.6.